The topological polar surface area (TPSA) is 0 Å². The normalized spacial score (nSPS) is 17.5. The van der Waals surface area contributed by atoms with Crippen molar-refractivity contribution in [1.29, 1.82) is 0 Å². The Bertz CT molecular complexity index is 122. The molecule has 2 atom stereocenters. The van der Waals surface area contributed by atoms with E-state index in [9.17, 15) is 0 Å². The van der Waals surface area contributed by atoms with Crippen LogP contribution >= 0.6 is 0 Å². The Hall–Kier alpha value is -0.260. The van der Waals surface area contributed by atoms with E-state index < -0.39 is 0 Å². The molecule has 0 rings (SSSR count). The fourth-order valence-corrected chi connectivity index (χ4v) is 1.24. The Kier molecular flexibility index (Phi) is 3.85. The zero-order valence-corrected chi connectivity index (χ0v) is 8.65. The molecule has 2 unspecified atom stereocenters. The van der Waals surface area contributed by atoms with Crippen LogP contribution in [0.3, 0.4) is 0 Å². The van der Waals surface area contributed by atoms with Gasteiger partial charge in [0, 0.05) is 0 Å². The average Bonchev–Trinajstić information content (AvgIpc) is 2.01. The third kappa shape index (κ3) is 2.69. The Labute approximate surface area is 71.7 Å². The highest BCUT2D eigenvalue weighted by atomic mass is 14.3. The minimum Gasteiger partial charge on any atom is -0.103 e. The molecular formula is C11H22. The molecule has 0 spiro atoms. The second-order valence-electron chi connectivity index (χ2n) is 4.23. The summed E-state index contributed by atoms with van der Waals surface area (Å²) < 4.78 is 0. The SMILES string of the molecule is C=CC(C)C(C)C(C)(C)CC. The predicted molar refractivity (Wildman–Crippen MR) is 52.6 cm³/mol. The van der Waals surface area contributed by atoms with Crippen molar-refractivity contribution in [1.82, 2.24) is 0 Å². The molecule has 0 saturated carbocycles. The van der Waals surface area contributed by atoms with Crippen LogP contribution in [0, 0.1) is 17.3 Å². The molecule has 0 aliphatic heterocycles. The second kappa shape index (κ2) is 3.94. The van der Waals surface area contributed by atoms with Crippen molar-refractivity contribution in [2.75, 3.05) is 0 Å². The molecule has 0 fully saturated rings. The van der Waals surface area contributed by atoms with Crippen molar-refractivity contribution in [3.63, 3.8) is 0 Å². The maximum absolute atomic E-state index is 3.83. The molecule has 0 bridgehead atoms. The maximum atomic E-state index is 3.83. The summed E-state index contributed by atoms with van der Waals surface area (Å²) in [5, 5.41) is 0. The fourth-order valence-electron chi connectivity index (χ4n) is 1.24. The molecule has 0 heterocycles. The van der Waals surface area contributed by atoms with E-state index in [4.69, 9.17) is 0 Å². The minimum absolute atomic E-state index is 0.452. The molecule has 0 aromatic heterocycles. The lowest BCUT2D eigenvalue weighted by molar-refractivity contribution is 0.182. The largest absolute Gasteiger partial charge is 0.103 e. The molecule has 0 amide bonds. The summed E-state index contributed by atoms with van der Waals surface area (Å²) in [7, 11) is 0. The predicted octanol–water partition coefficient (Wildman–Crippen LogP) is 3.88. The van der Waals surface area contributed by atoms with Gasteiger partial charge < -0.3 is 0 Å². The second-order valence-corrected chi connectivity index (χ2v) is 4.23. The van der Waals surface area contributed by atoms with E-state index in [2.05, 4.69) is 47.3 Å². The Balaban J connectivity index is 4.21. The van der Waals surface area contributed by atoms with E-state index >= 15 is 0 Å². The Morgan fingerprint density at radius 3 is 2.09 bits per heavy atom. The minimum atomic E-state index is 0.452. The Morgan fingerprint density at radius 1 is 1.36 bits per heavy atom. The number of allylic oxidation sites excluding steroid dienone is 1. The van der Waals surface area contributed by atoms with E-state index in [1.807, 2.05) is 0 Å². The van der Waals surface area contributed by atoms with Gasteiger partial charge in [0.2, 0.25) is 0 Å². The number of rotatable bonds is 4. The third-order valence-electron chi connectivity index (χ3n) is 3.30. The highest BCUT2D eigenvalue weighted by Gasteiger charge is 2.26. The molecule has 0 heteroatoms. The van der Waals surface area contributed by atoms with Gasteiger partial charge in [0.1, 0.15) is 0 Å². The van der Waals surface area contributed by atoms with Crippen LogP contribution in [0.2, 0.25) is 0 Å². The van der Waals surface area contributed by atoms with Crippen LogP contribution in [0.25, 0.3) is 0 Å². The van der Waals surface area contributed by atoms with Crippen LogP contribution in [-0.2, 0) is 0 Å². The van der Waals surface area contributed by atoms with E-state index in [0.717, 1.165) is 5.92 Å². The molecule has 0 aromatic carbocycles. The number of hydrogen-bond acceptors (Lipinski definition) is 0. The van der Waals surface area contributed by atoms with E-state index in [0.29, 0.717) is 11.3 Å². The molecule has 11 heavy (non-hydrogen) atoms. The van der Waals surface area contributed by atoms with Crippen LogP contribution in [-0.4, -0.2) is 0 Å². The van der Waals surface area contributed by atoms with Gasteiger partial charge in [0.05, 0.1) is 0 Å². The van der Waals surface area contributed by atoms with Crippen LogP contribution in [0.15, 0.2) is 12.7 Å². The highest BCUT2D eigenvalue weighted by Crippen LogP contribution is 2.35. The first-order valence-electron chi connectivity index (χ1n) is 4.58. The number of hydrogen-bond donors (Lipinski definition) is 0. The maximum Gasteiger partial charge on any atom is -0.0234 e. The average molecular weight is 154 g/mol. The van der Waals surface area contributed by atoms with Crippen molar-refractivity contribution in [2.24, 2.45) is 17.3 Å². The van der Waals surface area contributed by atoms with Gasteiger partial charge in [0.25, 0.3) is 0 Å². The first-order valence-corrected chi connectivity index (χ1v) is 4.58. The summed E-state index contributed by atoms with van der Waals surface area (Å²) in [6.45, 7) is 15.3. The summed E-state index contributed by atoms with van der Waals surface area (Å²) in [6, 6.07) is 0. The fraction of sp³-hybridized carbons (Fsp3) is 0.818. The lowest BCUT2D eigenvalue weighted by Gasteiger charge is -2.33. The molecule has 0 saturated heterocycles. The summed E-state index contributed by atoms with van der Waals surface area (Å²) in [5.74, 6) is 1.36. The quantitative estimate of drug-likeness (QED) is 0.539. The van der Waals surface area contributed by atoms with E-state index in [1.54, 1.807) is 0 Å². The van der Waals surface area contributed by atoms with Crippen LogP contribution in [0.1, 0.15) is 41.0 Å². The third-order valence-corrected chi connectivity index (χ3v) is 3.30. The standard InChI is InChI=1S/C11H22/c1-7-9(3)10(4)11(5,6)8-2/h7,9-10H,1,8H2,2-6H3. The van der Waals surface area contributed by atoms with Gasteiger partial charge in [-0.15, -0.1) is 6.58 Å². The molecule has 0 N–H and O–H groups in total. The molecule has 0 nitrogen and oxygen atoms in total. The summed E-state index contributed by atoms with van der Waals surface area (Å²) in [6.07, 6.45) is 3.30. The Morgan fingerprint density at radius 2 is 1.82 bits per heavy atom. The molecule has 0 radical (unpaired) electrons. The first-order chi connectivity index (χ1) is 4.95. The van der Waals surface area contributed by atoms with Crippen molar-refractivity contribution < 1.29 is 0 Å². The molecular weight excluding hydrogens is 132 g/mol. The zero-order chi connectivity index (χ0) is 9.07. The molecule has 66 valence electrons. The van der Waals surface area contributed by atoms with Gasteiger partial charge in [-0.05, 0) is 17.3 Å². The summed E-state index contributed by atoms with van der Waals surface area (Å²) in [4.78, 5) is 0. The zero-order valence-electron chi connectivity index (χ0n) is 8.65. The smallest absolute Gasteiger partial charge is 0.0234 e. The molecule has 0 aromatic rings. The molecule has 0 aliphatic rings. The van der Waals surface area contributed by atoms with Crippen molar-refractivity contribution in [3.05, 3.63) is 12.7 Å². The van der Waals surface area contributed by atoms with Crippen molar-refractivity contribution >= 4 is 0 Å². The van der Waals surface area contributed by atoms with Crippen molar-refractivity contribution in [3.8, 4) is 0 Å². The van der Waals surface area contributed by atoms with Crippen molar-refractivity contribution in [2.45, 2.75) is 41.0 Å². The van der Waals surface area contributed by atoms with E-state index in [-0.39, 0.29) is 0 Å². The summed E-state index contributed by atoms with van der Waals surface area (Å²) in [5.41, 5.74) is 0.452. The van der Waals surface area contributed by atoms with Gasteiger partial charge in [-0.2, -0.15) is 0 Å². The molecule has 0 aliphatic carbocycles. The van der Waals surface area contributed by atoms with Gasteiger partial charge in [-0.1, -0.05) is 47.1 Å². The highest BCUT2D eigenvalue weighted by molar-refractivity contribution is 4.86. The van der Waals surface area contributed by atoms with Crippen LogP contribution < -0.4 is 0 Å². The first kappa shape index (κ1) is 10.7. The van der Waals surface area contributed by atoms with E-state index in [1.165, 1.54) is 6.42 Å². The van der Waals surface area contributed by atoms with Gasteiger partial charge >= 0.3 is 0 Å². The van der Waals surface area contributed by atoms with Gasteiger partial charge in [-0.3, -0.25) is 0 Å². The van der Waals surface area contributed by atoms with Gasteiger partial charge in [0.15, 0.2) is 0 Å². The van der Waals surface area contributed by atoms with Gasteiger partial charge in [-0.25, -0.2) is 0 Å². The lowest BCUT2D eigenvalue weighted by atomic mass is 9.72. The monoisotopic (exact) mass is 154 g/mol. The van der Waals surface area contributed by atoms with Crippen LogP contribution in [0.5, 0.6) is 0 Å². The summed E-state index contributed by atoms with van der Waals surface area (Å²) >= 11 is 0. The lowest BCUT2D eigenvalue weighted by Crippen LogP contribution is -2.25. The van der Waals surface area contributed by atoms with Crippen LogP contribution in [0.4, 0.5) is 0 Å².